The molecule has 0 amide bonds. The highest BCUT2D eigenvalue weighted by molar-refractivity contribution is 5.94. The van der Waals surface area contributed by atoms with Gasteiger partial charge in [-0.1, -0.05) is 13.8 Å². The number of benzene rings is 1. The fourth-order valence-electron chi connectivity index (χ4n) is 1.30. The summed E-state index contributed by atoms with van der Waals surface area (Å²) in [5.74, 6) is 0.165. The van der Waals surface area contributed by atoms with E-state index < -0.39 is 5.97 Å². The van der Waals surface area contributed by atoms with Crippen LogP contribution < -0.4 is 10.1 Å². The standard InChI is InChI=1S/C12H17NO3/c1-8(2)7-13-11-6-9(16-3)4-5-10(11)12(14)15/h4-6,8,13H,7H2,1-3H3,(H,14,15). The van der Waals surface area contributed by atoms with Gasteiger partial charge in [0.05, 0.1) is 18.4 Å². The Balaban J connectivity index is 2.96. The number of methoxy groups -OCH3 is 1. The van der Waals surface area contributed by atoms with Gasteiger partial charge in [-0.05, 0) is 18.1 Å². The van der Waals surface area contributed by atoms with Gasteiger partial charge in [0, 0.05) is 12.6 Å². The van der Waals surface area contributed by atoms with Gasteiger partial charge >= 0.3 is 5.97 Å². The van der Waals surface area contributed by atoms with Gasteiger partial charge in [0.1, 0.15) is 5.75 Å². The molecule has 4 nitrogen and oxygen atoms in total. The molecule has 0 aromatic heterocycles. The lowest BCUT2D eigenvalue weighted by Crippen LogP contribution is -2.11. The van der Waals surface area contributed by atoms with Crippen LogP contribution in [-0.4, -0.2) is 24.7 Å². The number of anilines is 1. The molecule has 0 spiro atoms. The van der Waals surface area contributed by atoms with E-state index in [1.54, 1.807) is 25.3 Å². The second-order valence-electron chi connectivity index (χ2n) is 3.99. The number of nitrogens with one attached hydrogen (secondary N) is 1. The predicted octanol–water partition coefficient (Wildman–Crippen LogP) is 2.46. The van der Waals surface area contributed by atoms with Crippen molar-refractivity contribution in [1.82, 2.24) is 0 Å². The smallest absolute Gasteiger partial charge is 0.337 e. The van der Waals surface area contributed by atoms with Crippen molar-refractivity contribution in [3.8, 4) is 5.75 Å². The van der Waals surface area contributed by atoms with E-state index in [9.17, 15) is 4.79 Å². The first kappa shape index (κ1) is 12.4. The maximum absolute atomic E-state index is 11.0. The fourth-order valence-corrected chi connectivity index (χ4v) is 1.30. The molecule has 1 aromatic carbocycles. The molecule has 4 heteroatoms. The maximum atomic E-state index is 11.0. The van der Waals surface area contributed by atoms with Crippen LogP contribution >= 0.6 is 0 Å². The van der Waals surface area contributed by atoms with Gasteiger partial charge in [0.2, 0.25) is 0 Å². The summed E-state index contributed by atoms with van der Waals surface area (Å²) < 4.78 is 5.06. The van der Waals surface area contributed by atoms with Crippen LogP contribution in [0.5, 0.6) is 5.75 Å². The number of ether oxygens (including phenoxy) is 1. The predicted molar refractivity (Wildman–Crippen MR) is 63.3 cm³/mol. The van der Waals surface area contributed by atoms with Crippen LogP contribution in [0.1, 0.15) is 24.2 Å². The Morgan fingerprint density at radius 1 is 1.50 bits per heavy atom. The first-order valence-electron chi connectivity index (χ1n) is 5.19. The highest BCUT2D eigenvalue weighted by Crippen LogP contribution is 2.22. The second-order valence-corrected chi connectivity index (χ2v) is 3.99. The van der Waals surface area contributed by atoms with E-state index in [2.05, 4.69) is 19.2 Å². The Morgan fingerprint density at radius 2 is 2.19 bits per heavy atom. The average Bonchev–Trinajstić information content (AvgIpc) is 2.25. The van der Waals surface area contributed by atoms with Crippen molar-refractivity contribution in [2.45, 2.75) is 13.8 Å². The Morgan fingerprint density at radius 3 is 2.69 bits per heavy atom. The summed E-state index contributed by atoms with van der Waals surface area (Å²) in [7, 11) is 1.56. The molecule has 0 aliphatic rings. The summed E-state index contributed by atoms with van der Waals surface area (Å²) >= 11 is 0. The van der Waals surface area contributed by atoms with Crippen molar-refractivity contribution in [2.75, 3.05) is 19.0 Å². The number of rotatable bonds is 5. The van der Waals surface area contributed by atoms with Gasteiger partial charge in [-0.15, -0.1) is 0 Å². The van der Waals surface area contributed by atoms with Crippen molar-refractivity contribution in [1.29, 1.82) is 0 Å². The minimum atomic E-state index is -0.936. The third kappa shape index (κ3) is 3.15. The monoisotopic (exact) mass is 223 g/mol. The molecule has 0 unspecified atom stereocenters. The maximum Gasteiger partial charge on any atom is 0.337 e. The molecule has 0 radical (unpaired) electrons. The van der Waals surface area contributed by atoms with E-state index >= 15 is 0 Å². The summed E-state index contributed by atoms with van der Waals surface area (Å²) in [5.41, 5.74) is 0.863. The van der Waals surface area contributed by atoms with Crippen molar-refractivity contribution in [3.63, 3.8) is 0 Å². The highest BCUT2D eigenvalue weighted by Gasteiger charge is 2.10. The summed E-state index contributed by atoms with van der Waals surface area (Å²) in [6.45, 7) is 4.86. The van der Waals surface area contributed by atoms with Gasteiger partial charge < -0.3 is 15.2 Å². The van der Waals surface area contributed by atoms with Crippen LogP contribution in [0.15, 0.2) is 18.2 Å². The molecular formula is C12H17NO3. The number of aromatic carboxylic acids is 1. The SMILES string of the molecule is COc1ccc(C(=O)O)c(NCC(C)C)c1. The molecule has 0 saturated heterocycles. The zero-order chi connectivity index (χ0) is 12.1. The van der Waals surface area contributed by atoms with E-state index in [4.69, 9.17) is 9.84 Å². The van der Waals surface area contributed by atoms with Crippen LogP contribution in [0.2, 0.25) is 0 Å². The number of carboxylic acids is 1. The molecule has 0 atom stereocenters. The lowest BCUT2D eigenvalue weighted by atomic mass is 10.1. The van der Waals surface area contributed by atoms with Crippen molar-refractivity contribution in [3.05, 3.63) is 23.8 Å². The fraction of sp³-hybridized carbons (Fsp3) is 0.417. The number of hydrogen-bond acceptors (Lipinski definition) is 3. The van der Waals surface area contributed by atoms with E-state index in [1.807, 2.05) is 0 Å². The molecule has 1 rings (SSSR count). The molecule has 0 saturated carbocycles. The first-order valence-corrected chi connectivity index (χ1v) is 5.19. The molecule has 1 aromatic rings. The Hall–Kier alpha value is -1.71. The summed E-state index contributed by atoms with van der Waals surface area (Å²) in [6, 6.07) is 4.89. The molecule has 0 heterocycles. The number of carbonyl (C=O) groups is 1. The van der Waals surface area contributed by atoms with Gasteiger partial charge in [-0.25, -0.2) is 4.79 Å². The molecule has 0 aliphatic heterocycles. The molecule has 0 fully saturated rings. The number of hydrogen-bond donors (Lipinski definition) is 2. The zero-order valence-electron chi connectivity index (χ0n) is 9.78. The largest absolute Gasteiger partial charge is 0.497 e. The molecule has 2 N–H and O–H groups in total. The third-order valence-electron chi connectivity index (χ3n) is 2.16. The molecule has 16 heavy (non-hydrogen) atoms. The zero-order valence-corrected chi connectivity index (χ0v) is 9.78. The van der Waals surface area contributed by atoms with E-state index in [-0.39, 0.29) is 5.56 Å². The lowest BCUT2D eigenvalue weighted by Gasteiger charge is -2.12. The third-order valence-corrected chi connectivity index (χ3v) is 2.16. The van der Waals surface area contributed by atoms with Crippen molar-refractivity contribution < 1.29 is 14.6 Å². The van der Waals surface area contributed by atoms with Gasteiger partial charge in [-0.3, -0.25) is 0 Å². The first-order chi connectivity index (χ1) is 7.54. The molecule has 0 aliphatic carbocycles. The Kier molecular flexibility index (Phi) is 4.17. The quantitative estimate of drug-likeness (QED) is 0.805. The van der Waals surface area contributed by atoms with Crippen LogP contribution in [0.25, 0.3) is 0 Å². The van der Waals surface area contributed by atoms with Crippen LogP contribution in [0.4, 0.5) is 5.69 Å². The van der Waals surface area contributed by atoms with Gasteiger partial charge in [0.25, 0.3) is 0 Å². The topological polar surface area (TPSA) is 58.6 Å². The summed E-state index contributed by atoms with van der Waals surface area (Å²) in [4.78, 5) is 11.0. The van der Waals surface area contributed by atoms with Gasteiger partial charge in [0.15, 0.2) is 0 Å². The number of carboxylic acid groups (broad SMARTS) is 1. The highest BCUT2D eigenvalue weighted by atomic mass is 16.5. The molecule has 0 bridgehead atoms. The van der Waals surface area contributed by atoms with Crippen LogP contribution in [-0.2, 0) is 0 Å². The molecule has 88 valence electrons. The summed E-state index contributed by atoms with van der Waals surface area (Å²) in [5, 5.41) is 12.1. The summed E-state index contributed by atoms with van der Waals surface area (Å²) in [6.07, 6.45) is 0. The average molecular weight is 223 g/mol. The van der Waals surface area contributed by atoms with Crippen molar-refractivity contribution >= 4 is 11.7 Å². The normalized spacial score (nSPS) is 10.2. The van der Waals surface area contributed by atoms with E-state index in [1.165, 1.54) is 0 Å². The van der Waals surface area contributed by atoms with Gasteiger partial charge in [-0.2, -0.15) is 0 Å². The Bertz CT molecular complexity index is 375. The minimum Gasteiger partial charge on any atom is -0.497 e. The lowest BCUT2D eigenvalue weighted by molar-refractivity contribution is 0.0698. The van der Waals surface area contributed by atoms with E-state index in [0.29, 0.717) is 17.4 Å². The Labute approximate surface area is 95.2 Å². The minimum absolute atomic E-state index is 0.265. The molecular weight excluding hydrogens is 206 g/mol. The van der Waals surface area contributed by atoms with Crippen LogP contribution in [0, 0.1) is 5.92 Å². The van der Waals surface area contributed by atoms with E-state index in [0.717, 1.165) is 6.54 Å². The van der Waals surface area contributed by atoms with Crippen molar-refractivity contribution in [2.24, 2.45) is 5.92 Å². The van der Waals surface area contributed by atoms with Crippen LogP contribution in [0.3, 0.4) is 0 Å². The second kappa shape index (κ2) is 5.39.